The van der Waals surface area contributed by atoms with Crippen molar-refractivity contribution in [3.8, 4) is 11.1 Å². The monoisotopic (exact) mass is 321 g/mol. The fourth-order valence-electron chi connectivity index (χ4n) is 2.20. The molecule has 7 heteroatoms. The second kappa shape index (κ2) is 6.33. The van der Waals surface area contributed by atoms with Crippen molar-refractivity contribution in [2.24, 2.45) is 0 Å². The van der Waals surface area contributed by atoms with Gasteiger partial charge in [0.25, 0.3) is 0 Å². The Kier molecular flexibility index (Phi) is 4.07. The fraction of sp³-hybridized carbons (Fsp3) is 0.0588. The molecule has 0 aliphatic heterocycles. The predicted octanol–water partition coefficient (Wildman–Crippen LogP) is 2.29. The molecular formula is C17H15N5O2. The Hall–Kier alpha value is -3.48. The minimum atomic E-state index is -0.729. The Labute approximate surface area is 137 Å². The molecule has 0 spiro atoms. The van der Waals surface area contributed by atoms with E-state index in [1.165, 1.54) is 6.92 Å². The molecule has 0 amide bonds. The zero-order chi connectivity index (χ0) is 17.1. The number of anilines is 3. The summed E-state index contributed by atoms with van der Waals surface area (Å²) < 4.78 is 0.684. The molecule has 3 aromatic rings. The molecule has 2 aromatic carbocycles. The van der Waals surface area contributed by atoms with Crippen molar-refractivity contribution in [3.05, 3.63) is 65.0 Å². The second-order valence-electron chi connectivity index (χ2n) is 5.13. The van der Waals surface area contributed by atoms with Gasteiger partial charge in [0.05, 0.1) is 0 Å². The Balaban J connectivity index is 1.87. The summed E-state index contributed by atoms with van der Waals surface area (Å²) in [6.07, 6.45) is 0. The van der Waals surface area contributed by atoms with Crippen LogP contribution in [0.1, 0.15) is 11.7 Å². The standard InChI is InChI=1S/C17H15N5O2/c1-11(23)22-16(24)15(18)20-17(21-22)19-14-9-7-13(8-10-14)12-5-3-2-4-6-12/h2-10H,1H3,(H3,18,19,20,21). The molecule has 3 rings (SSSR count). The van der Waals surface area contributed by atoms with Crippen molar-refractivity contribution in [1.29, 1.82) is 0 Å². The molecule has 0 saturated carbocycles. The Morgan fingerprint density at radius 2 is 1.67 bits per heavy atom. The van der Waals surface area contributed by atoms with Crippen LogP contribution in [0.5, 0.6) is 0 Å². The third kappa shape index (κ3) is 3.14. The Bertz CT molecular complexity index is 933. The van der Waals surface area contributed by atoms with E-state index in [1.54, 1.807) is 0 Å². The lowest BCUT2D eigenvalue weighted by atomic mass is 10.1. The van der Waals surface area contributed by atoms with Crippen LogP contribution in [0.25, 0.3) is 11.1 Å². The largest absolute Gasteiger partial charge is 0.379 e. The third-order valence-corrected chi connectivity index (χ3v) is 3.38. The van der Waals surface area contributed by atoms with Crippen LogP contribution in [0.2, 0.25) is 0 Å². The van der Waals surface area contributed by atoms with E-state index < -0.39 is 11.5 Å². The molecule has 0 saturated heterocycles. The number of rotatable bonds is 3. The molecule has 24 heavy (non-hydrogen) atoms. The number of hydrogen-bond donors (Lipinski definition) is 2. The highest BCUT2D eigenvalue weighted by Gasteiger charge is 2.10. The van der Waals surface area contributed by atoms with Crippen molar-refractivity contribution in [2.45, 2.75) is 6.92 Å². The number of nitrogen functional groups attached to an aromatic ring is 1. The van der Waals surface area contributed by atoms with Crippen molar-refractivity contribution >= 4 is 23.4 Å². The highest BCUT2D eigenvalue weighted by molar-refractivity contribution is 5.75. The molecule has 1 heterocycles. The highest BCUT2D eigenvalue weighted by Crippen LogP contribution is 2.22. The number of carbonyl (C=O) groups is 1. The van der Waals surface area contributed by atoms with Crippen LogP contribution in [-0.4, -0.2) is 20.7 Å². The van der Waals surface area contributed by atoms with Gasteiger partial charge in [-0.2, -0.15) is 9.67 Å². The first kappa shape index (κ1) is 15.4. The van der Waals surface area contributed by atoms with E-state index in [0.717, 1.165) is 11.1 Å². The van der Waals surface area contributed by atoms with Crippen LogP contribution >= 0.6 is 0 Å². The summed E-state index contributed by atoms with van der Waals surface area (Å²) in [6.45, 7) is 1.23. The van der Waals surface area contributed by atoms with Gasteiger partial charge in [0, 0.05) is 12.6 Å². The third-order valence-electron chi connectivity index (χ3n) is 3.38. The van der Waals surface area contributed by atoms with E-state index in [4.69, 9.17) is 5.73 Å². The summed E-state index contributed by atoms with van der Waals surface area (Å²) in [5, 5.41) is 6.79. The molecule has 3 N–H and O–H groups in total. The minimum Gasteiger partial charge on any atom is -0.379 e. The van der Waals surface area contributed by atoms with E-state index in [-0.39, 0.29) is 11.8 Å². The molecule has 1 aromatic heterocycles. The van der Waals surface area contributed by atoms with Gasteiger partial charge < -0.3 is 11.1 Å². The van der Waals surface area contributed by atoms with E-state index >= 15 is 0 Å². The van der Waals surface area contributed by atoms with Crippen LogP contribution in [-0.2, 0) is 0 Å². The van der Waals surface area contributed by atoms with E-state index in [1.807, 2.05) is 54.6 Å². The predicted molar refractivity (Wildman–Crippen MR) is 92.2 cm³/mol. The first-order valence-electron chi connectivity index (χ1n) is 7.25. The first-order chi connectivity index (χ1) is 11.5. The van der Waals surface area contributed by atoms with Gasteiger partial charge in [0.15, 0.2) is 5.82 Å². The van der Waals surface area contributed by atoms with Crippen LogP contribution in [0.15, 0.2) is 59.4 Å². The number of nitrogens with zero attached hydrogens (tertiary/aromatic N) is 3. The van der Waals surface area contributed by atoms with Crippen molar-refractivity contribution < 1.29 is 4.79 Å². The molecule has 120 valence electrons. The number of nitrogens with one attached hydrogen (secondary N) is 1. The summed E-state index contributed by atoms with van der Waals surface area (Å²) >= 11 is 0. The van der Waals surface area contributed by atoms with Gasteiger partial charge in [-0.1, -0.05) is 42.5 Å². The maximum Gasteiger partial charge on any atom is 0.316 e. The lowest BCUT2D eigenvalue weighted by molar-refractivity contribution is 0.0915. The number of hydrogen-bond acceptors (Lipinski definition) is 6. The van der Waals surface area contributed by atoms with Crippen LogP contribution in [0.4, 0.5) is 17.5 Å². The Morgan fingerprint density at radius 1 is 1.04 bits per heavy atom. The smallest absolute Gasteiger partial charge is 0.316 e. The number of benzene rings is 2. The average molecular weight is 321 g/mol. The minimum absolute atomic E-state index is 0.0785. The summed E-state index contributed by atoms with van der Waals surface area (Å²) in [5.74, 6) is -0.741. The SMILES string of the molecule is CC(=O)n1nc(Nc2ccc(-c3ccccc3)cc2)nc(N)c1=O. The molecule has 0 bridgehead atoms. The fourth-order valence-corrected chi connectivity index (χ4v) is 2.20. The van der Waals surface area contributed by atoms with Gasteiger partial charge in [-0.25, -0.2) is 0 Å². The summed E-state index contributed by atoms with van der Waals surface area (Å²) in [5.41, 5.74) is 7.69. The molecule has 0 radical (unpaired) electrons. The summed E-state index contributed by atoms with van der Waals surface area (Å²) in [7, 11) is 0. The second-order valence-corrected chi connectivity index (χ2v) is 5.13. The van der Waals surface area contributed by atoms with Gasteiger partial charge in [-0.3, -0.25) is 9.59 Å². The van der Waals surface area contributed by atoms with E-state index in [9.17, 15) is 9.59 Å². The lowest BCUT2D eigenvalue weighted by Crippen LogP contribution is -2.31. The maximum atomic E-state index is 11.7. The molecular weight excluding hydrogens is 306 g/mol. The number of aromatic nitrogens is 3. The zero-order valence-electron chi connectivity index (χ0n) is 12.9. The Morgan fingerprint density at radius 3 is 2.29 bits per heavy atom. The van der Waals surface area contributed by atoms with E-state index in [2.05, 4.69) is 15.4 Å². The molecule has 0 atom stereocenters. The van der Waals surface area contributed by atoms with Crippen molar-refractivity contribution in [1.82, 2.24) is 14.8 Å². The van der Waals surface area contributed by atoms with Crippen molar-refractivity contribution in [3.63, 3.8) is 0 Å². The lowest BCUT2D eigenvalue weighted by Gasteiger charge is -2.08. The normalized spacial score (nSPS) is 10.4. The molecule has 7 nitrogen and oxygen atoms in total. The van der Waals surface area contributed by atoms with Crippen LogP contribution in [0, 0.1) is 0 Å². The topological polar surface area (TPSA) is 103 Å². The van der Waals surface area contributed by atoms with Gasteiger partial charge in [-0.15, -0.1) is 5.10 Å². The quantitative estimate of drug-likeness (QED) is 0.767. The molecule has 0 aliphatic rings. The van der Waals surface area contributed by atoms with Gasteiger partial charge in [0.1, 0.15) is 0 Å². The molecule has 0 aliphatic carbocycles. The van der Waals surface area contributed by atoms with Gasteiger partial charge in [-0.05, 0) is 23.3 Å². The summed E-state index contributed by atoms with van der Waals surface area (Å²) in [6, 6.07) is 17.6. The van der Waals surface area contributed by atoms with Crippen molar-refractivity contribution in [2.75, 3.05) is 11.1 Å². The average Bonchev–Trinajstić information content (AvgIpc) is 2.59. The number of carbonyl (C=O) groups excluding carboxylic acids is 1. The summed E-state index contributed by atoms with van der Waals surface area (Å²) in [4.78, 5) is 27.0. The number of nitrogens with two attached hydrogens (primary N) is 1. The zero-order valence-corrected chi connectivity index (χ0v) is 12.9. The molecule has 0 fully saturated rings. The highest BCUT2D eigenvalue weighted by atomic mass is 16.2. The first-order valence-corrected chi connectivity index (χ1v) is 7.25. The molecule has 0 unspecified atom stereocenters. The van der Waals surface area contributed by atoms with Crippen LogP contribution in [0.3, 0.4) is 0 Å². The van der Waals surface area contributed by atoms with E-state index in [0.29, 0.717) is 10.4 Å². The maximum absolute atomic E-state index is 11.7. The van der Waals surface area contributed by atoms with Crippen LogP contribution < -0.4 is 16.6 Å². The van der Waals surface area contributed by atoms with Gasteiger partial charge >= 0.3 is 5.56 Å². The van der Waals surface area contributed by atoms with Gasteiger partial charge in [0.2, 0.25) is 11.9 Å².